The molecule has 1 aliphatic heterocycles. The van der Waals surface area contributed by atoms with Crippen molar-refractivity contribution in [3.8, 4) is 0 Å². The number of halogens is 2. The first-order chi connectivity index (χ1) is 16.8. The molecule has 1 aliphatic rings. The van der Waals surface area contributed by atoms with Crippen LogP contribution in [0.25, 0.3) is 11.6 Å². The molecule has 0 fully saturated rings. The number of aromatic nitrogens is 1. The number of carbonyl (C=O) groups is 2. The molecular formula is C25H20F2N2O5S. The molecule has 0 amide bonds. The number of rotatable bonds is 5. The molecule has 0 saturated carbocycles. The Morgan fingerprint density at radius 2 is 1.74 bits per heavy atom. The van der Waals surface area contributed by atoms with Gasteiger partial charge in [-0.15, -0.1) is 11.3 Å². The molecule has 180 valence electrons. The van der Waals surface area contributed by atoms with Crippen LogP contribution in [-0.4, -0.2) is 30.2 Å². The lowest BCUT2D eigenvalue weighted by atomic mass is 9.91. The van der Waals surface area contributed by atoms with E-state index in [1.165, 1.54) is 48.5 Å². The summed E-state index contributed by atoms with van der Waals surface area (Å²) in [5.74, 6) is -3.07. The largest absolute Gasteiger partial charge is 0.466 e. The van der Waals surface area contributed by atoms with Gasteiger partial charge in [-0.1, -0.05) is 36.4 Å². The Balaban J connectivity index is 2.16. The first kappa shape index (κ1) is 24.1. The summed E-state index contributed by atoms with van der Waals surface area (Å²) in [6, 6.07) is 10.1. The van der Waals surface area contributed by atoms with Crippen molar-refractivity contribution in [1.82, 2.24) is 4.57 Å². The summed E-state index contributed by atoms with van der Waals surface area (Å²) in [7, 11) is 1.11. The lowest BCUT2D eigenvalue weighted by Crippen LogP contribution is -2.43. The van der Waals surface area contributed by atoms with Crippen molar-refractivity contribution < 1.29 is 27.8 Å². The zero-order valence-electron chi connectivity index (χ0n) is 18.7. The summed E-state index contributed by atoms with van der Waals surface area (Å²) < 4.78 is 40.5. The van der Waals surface area contributed by atoms with Gasteiger partial charge in [-0.25, -0.2) is 18.4 Å². The van der Waals surface area contributed by atoms with Gasteiger partial charge in [0.15, 0.2) is 0 Å². The standard InChI is InChI=1S/C25H20F2N2O5S/c1-3-34-25(32)19-20(28)18(24(31)33-2)21(14-9-5-7-11-16(14)27)29-22(30)17(35-23(19)29)12-13-8-4-6-10-15(13)26/h4-12,21H,3,28H2,1-2H3. The average Bonchev–Trinajstić information content (AvgIpc) is 3.15. The van der Waals surface area contributed by atoms with Gasteiger partial charge in [0, 0.05) is 11.1 Å². The maximum absolute atomic E-state index is 15.0. The van der Waals surface area contributed by atoms with Crippen LogP contribution in [0.3, 0.4) is 0 Å². The van der Waals surface area contributed by atoms with E-state index in [1.807, 2.05) is 0 Å². The van der Waals surface area contributed by atoms with Gasteiger partial charge in [-0.2, -0.15) is 0 Å². The lowest BCUT2D eigenvalue weighted by molar-refractivity contribution is -0.136. The Kier molecular flexibility index (Phi) is 6.65. The molecule has 10 heteroatoms. The highest BCUT2D eigenvalue weighted by Crippen LogP contribution is 2.33. The van der Waals surface area contributed by atoms with E-state index in [1.54, 1.807) is 13.0 Å². The third-order valence-electron chi connectivity index (χ3n) is 5.44. The number of carbonyl (C=O) groups excluding carboxylic acids is 2. The molecule has 0 bridgehead atoms. The molecule has 1 atom stereocenters. The number of fused-ring (bicyclic) bond motifs is 1. The lowest BCUT2D eigenvalue weighted by Gasteiger charge is -2.27. The van der Waals surface area contributed by atoms with E-state index in [4.69, 9.17) is 15.2 Å². The molecule has 0 spiro atoms. The van der Waals surface area contributed by atoms with E-state index in [0.29, 0.717) is 0 Å². The van der Waals surface area contributed by atoms with Gasteiger partial charge in [0.2, 0.25) is 0 Å². The summed E-state index contributed by atoms with van der Waals surface area (Å²) in [6.45, 7) is 1.59. The van der Waals surface area contributed by atoms with Crippen LogP contribution in [0.5, 0.6) is 0 Å². The van der Waals surface area contributed by atoms with Crippen LogP contribution < -0.4 is 20.5 Å². The second kappa shape index (κ2) is 9.67. The molecule has 7 nitrogen and oxygen atoms in total. The zero-order valence-corrected chi connectivity index (χ0v) is 19.5. The Morgan fingerprint density at radius 1 is 1.09 bits per heavy atom. The number of benzene rings is 2. The van der Waals surface area contributed by atoms with Crippen molar-refractivity contribution >= 4 is 34.9 Å². The summed E-state index contributed by atoms with van der Waals surface area (Å²) in [5, 5.41) is 0. The number of esters is 2. The summed E-state index contributed by atoms with van der Waals surface area (Å²) in [4.78, 5) is 39.4. The highest BCUT2D eigenvalue weighted by Gasteiger charge is 2.39. The molecule has 2 N–H and O–H groups in total. The zero-order chi connectivity index (χ0) is 25.3. The second-order valence-corrected chi connectivity index (χ2v) is 8.48. The minimum Gasteiger partial charge on any atom is -0.466 e. The van der Waals surface area contributed by atoms with E-state index in [-0.39, 0.29) is 43.8 Å². The monoisotopic (exact) mass is 498 g/mol. The van der Waals surface area contributed by atoms with Crippen LogP contribution >= 0.6 is 11.3 Å². The summed E-state index contributed by atoms with van der Waals surface area (Å²) in [6.07, 6.45) is 1.32. The number of hydrogen-bond donors (Lipinski definition) is 1. The maximum Gasteiger partial charge on any atom is 0.343 e. The highest BCUT2D eigenvalue weighted by atomic mass is 32.1. The fraction of sp³-hybridized carbons (Fsp3) is 0.160. The van der Waals surface area contributed by atoms with Crippen LogP contribution in [0.2, 0.25) is 0 Å². The van der Waals surface area contributed by atoms with Crippen LogP contribution in [-0.2, 0) is 19.1 Å². The Bertz CT molecular complexity index is 1550. The number of hydrogen-bond acceptors (Lipinski definition) is 7. The van der Waals surface area contributed by atoms with E-state index >= 15 is 0 Å². The predicted molar refractivity (Wildman–Crippen MR) is 126 cm³/mol. The summed E-state index contributed by atoms with van der Waals surface area (Å²) >= 11 is 0.859. The fourth-order valence-corrected chi connectivity index (χ4v) is 5.05. The van der Waals surface area contributed by atoms with Crippen molar-refractivity contribution in [2.24, 2.45) is 5.73 Å². The number of methoxy groups -OCH3 is 1. The van der Waals surface area contributed by atoms with Crippen LogP contribution in [0.4, 0.5) is 8.78 Å². The molecule has 1 unspecified atom stereocenters. The molecule has 0 saturated heterocycles. The van der Waals surface area contributed by atoms with Crippen molar-refractivity contribution in [1.29, 1.82) is 0 Å². The molecule has 1 aromatic heterocycles. The first-order valence-electron chi connectivity index (χ1n) is 10.5. The quantitative estimate of drug-likeness (QED) is 0.538. The topological polar surface area (TPSA) is 101 Å². The van der Waals surface area contributed by atoms with E-state index < -0.39 is 35.2 Å². The average molecular weight is 499 g/mol. The third-order valence-corrected chi connectivity index (χ3v) is 6.54. The fourth-order valence-electron chi connectivity index (χ4n) is 3.89. The van der Waals surface area contributed by atoms with E-state index in [0.717, 1.165) is 23.0 Å². The summed E-state index contributed by atoms with van der Waals surface area (Å²) in [5.41, 5.74) is 4.93. The molecule has 35 heavy (non-hydrogen) atoms. The number of thiazole rings is 1. The van der Waals surface area contributed by atoms with Gasteiger partial charge in [0.1, 0.15) is 27.9 Å². The Labute approximate surface area is 202 Å². The maximum atomic E-state index is 15.0. The van der Waals surface area contributed by atoms with Crippen molar-refractivity contribution in [3.63, 3.8) is 0 Å². The molecule has 2 heterocycles. The van der Waals surface area contributed by atoms with Crippen molar-refractivity contribution in [2.75, 3.05) is 13.7 Å². The van der Waals surface area contributed by atoms with Crippen LogP contribution in [0.1, 0.15) is 24.1 Å². The third kappa shape index (κ3) is 4.17. The molecule has 3 aromatic rings. The first-order valence-corrected chi connectivity index (χ1v) is 11.3. The number of nitrogens with zero attached hydrogens (tertiary/aromatic N) is 1. The second-order valence-electron chi connectivity index (χ2n) is 7.45. The minimum absolute atomic E-state index is 0.00370. The molecule has 0 aliphatic carbocycles. The Morgan fingerprint density at radius 3 is 2.37 bits per heavy atom. The predicted octanol–water partition coefficient (Wildman–Crippen LogP) is 1.72. The van der Waals surface area contributed by atoms with Crippen LogP contribution in [0, 0.1) is 11.6 Å². The van der Waals surface area contributed by atoms with Gasteiger partial charge in [-0.05, 0) is 25.1 Å². The van der Waals surface area contributed by atoms with E-state index in [9.17, 15) is 23.2 Å². The normalized spacial score (nSPS) is 15.7. The van der Waals surface area contributed by atoms with Crippen molar-refractivity contribution in [2.45, 2.75) is 13.0 Å². The van der Waals surface area contributed by atoms with Gasteiger partial charge < -0.3 is 15.2 Å². The van der Waals surface area contributed by atoms with E-state index in [2.05, 4.69) is 0 Å². The number of ether oxygens (including phenoxy) is 2. The molecule has 0 radical (unpaired) electrons. The van der Waals surface area contributed by atoms with Crippen molar-refractivity contribution in [3.05, 3.63) is 102 Å². The van der Waals surface area contributed by atoms with Gasteiger partial charge in [0.25, 0.3) is 5.56 Å². The highest BCUT2D eigenvalue weighted by molar-refractivity contribution is 7.07. The molecular weight excluding hydrogens is 478 g/mol. The minimum atomic E-state index is -1.33. The van der Waals surface area contributed by atoms with Gasteiger partial charge in [-0.3, -0.25) is 9.36 Å². The molecule has 4 rings (SSSR count). The smallest absolute Gasteiger partial charge is 0.343 e. The molecule has 2 aromatic carbocycles. The Hall–Kier alpha value is -4.05. The SMILES string of the molecule is CCOC(=O)C1=c2sc(=Cc3ccccc3F)c(=O)n2C(c2ccccc2F)C(C(=O)OC)=C1N. The van der Waals surface area contributed by atoms with Gasteiger partial charge in [0.05, 0.1) is 29.5 Å². The van der Waals surface area contributed by atoms with Crippen LogP contribution in [0.15, 0.2) is 64.6 Å². The van der Waals surface area contributed by atoms with Gasteiger partial charge >= 0.3 is 11.9 Å². The number of nitrogens with two attached hydrogens (primary N) is 1.